The lowest BCUT2D eigenvalue weighted by molar-refractivity contribution is -0.210. The summed E-state index contributed by atoms with van der Waals surface area (Å²) in [5.74, 6) is 0.474. The van der Waals surface area contributed by atoms with Gasteiger partial charge in [0.15, 0.2) is 5.78 Å². The molecule has 0 amide bonds. The molecule has 0 N–H and O–H groups in total. The van der Waals surface area contributed by atoms with Gasteiger partial charge in [-0.05, 0) is 104 Å². The fourth-order valence-corrected chi connectivity index (χ4v) is 11.0. The van der Waals surface area contributed by atoms with Crippen molar-refractivity contribution in [1.29, 1.82) is 0 Å². The molecule has 212 valence electrons. The van der Waals surface area contributed by atoms with Crippen molar-refractivity contribution >= 4 is 17.7 Å². The van der Waals surface area contributed by atoms with Gasteiger partial charge in [0, 0.05) is 18.3 Å². The third-order valence-electron chi connectivity index (χ3n) is 13.5. The summed E-state index contributed by atoms with van der Waals surface area (Å²) < 4.78 is 11.1. The van der Waals surface area contributed by atoms with Gasteiger partial charge in [0.25, 0.3) is 0 Å². The van der Waals surface area contributed by atoms with E-state index in [4.69, 9.17) is 9.47 Å². The minimum Gasteiger partial charge on any atom is -0.469 e. The first-order valence-electron chi connectivity index (χ1n) is 15.0. The summed E-state index contributed by atoms with van der Waals surface area (Å²) in [7, 11) is 1.50. The van der Waals surface area contributed by atoms with Gasteiger partial charge in [-0.15, -0.1) is 0 Å². The first kappa shape index (κ1) is 27.9. The van der Waals surface area contributed by atoms with Crippen molar-refractivity contribution in [3.05, 3.63) is 11.6 Å². The standard InChI is InChI=1S/C33H50O5/c1-20(34)38-25-11-12-31(6)24(28(25,2)3)10-13-33(8)26(31)23(35)18-21-22-19-30(5,27(36)37-9)15-14-29(22,4)16-17-32(21,33)7/h18,22,24-26H,10-17,19H2,1-9H3/t22?,24?,25-,26?,29+,30-,31-,32+,33+/m0/s1. The van der Waals surface area contributed by atoms with E-state index in [1.807, 2.05) is 0 Å². The van der Waals surface area contributed by atoms with E-state index >= 15 is 0 Å². The average Bonchev–Trinajstić information content (AvgIpc) is 2.82. The van der Waals surface area contributed by atoms with Gasteiger partial charge in [0.2, 0.25) is 0 Å². The van der Waals surface area contributed by atoms with Crippen molar-refractivity contribution in [3.63, 3.8) is 0 Å². The molecule has 0 radical (unpaired) electrons. The van der Waals surface area contributed by atoms with Gasteiger partial charge in [-0.25, -0.2) is 0 Å². The molecule has 0 aromatic rings. The molecule has 38 heavy (non-hydrogen) atoms. The van der Waals surface area contributed by atoms with Gasteiger partial charge in [-0.3, -0.25) is 14.4 Å². The molecule has 3 unspecified atom stereocenters. The molecule has 0 spiro atoms. The van der Waals surface area contributed by atoms with Crippen LogP contribution < -0.4 is 0 Å². The van der Waals surface area contributed by atoms with E-state index in [0.29, 0.717) is 11.7 Å². The van der Waals surface area contributed by atoms with E-state index in [2.05, 4.69) is 54.5 Å². The summed E-state index contributed by atoms with van der Waals surface area (Å²) in [5, 5.41) is 0. The van der Waals surface area contributed by atoms with Crippen LogP contribution in [0.4, 0.5) is 0 Å². The number of ketones is 1. The van der Waals surface area contributed by atoms with Crippen molar-refractivity contribution in [2.24, 2.45) is 50.2 Å². The van der Waals surface area contributed by atoms with Crippen LogP contribution in [0.25, 0.3) is 0 Å². The number of allylic oxidation sites excluding steroid dienone is 2. The molecule has 5 nitrogen and oxygen atoms in total. The Balaban J connectivity index is 1.57. The van der Waals surface area contributed by atoms with Crippen LogP contribution in [0, 0.1) is 50.2 Å². The fourth-order valence-electron chi connectivity index (χ4n) is 11.0. The molecular formula is C33H50O5. The molecule has 5 rings (SSSR count). The first-order chi connectivity index (χ1) is 17.5. The minimum atomic E-state index is -0.498. The molecule has 5 aliphatic carbocycles. The number of methoxy groups -OCH3 is 1. The van der Waals surface area contributed by atoms with Crippen molar-refractivity contribution in [1.82, 2.24) is 0 Å². The minimum absolute atomic E-state index is 0.0417. The topological polar surface area (TPSA) is 69.7 Å². The summed E-state index contributed by atoms with van der Waals surface area (Å²) in [4.78, 5) is 39.2. The fraction of sp³-hybridized carbons (Fsp3) is 0.848. The number of fused-ring (bicyclic) bond motifs is 7. The number of hydrogen-bond acceptors (Lipinski definition) is 5. The van der Waals surface area contributed by atoms with Crippen LogP contribution in [-0.2, 0) is 23.9 Å². The van der Waals surface area contributed by atoms with E-state index in [-0.39, 0.29) is 57.0 Å². The molecule has 9 atom stereocenters. The molecule has 0 aliphatic heterocycles. The Morgan fingerprint density at radius 1 is 0.895 bits per heavy atom. The highest BCUT2D eigenvalue weighted by molar-refractivity contribution is 5.95. The Bertz CT molecular complexity index is 1090. The zero-order valence-corrected chi connectivity index (χ0v) is 25.3. The summed E-state index contributed by atoms with van der Waals surface area (Å²) in [5.41, 5.74) is 0.416. The number of ether oxygens (including phenoxy) is 2. The number of esters is 2. The summed E-state index contributed by atoms with van der Waals surface area (Å²) >= 11 is 0. The van der Waals surface area contributed by atoms with Crippen LogP contribution in [0.15, 0.2) is 11.6 Å². The summed E-state index contributed by atoms with van der Waals surface area (Å²) in [6.45, 7) is 17.7. The number of carbonyl (C=O) groups excluding carboxylic acids is 3. The second-order valence-electron chi connectivity index (χ2n) is 15.7. The van der Waals surface area contributed by atoms with E-state index in [1.165, 1.54) is 19.6 Å². The highest BCUT2D eigenvalue weighted by Crippen LogP contribution is 2.75. The average molecular weight is 527 g/mol. The Kier molecular flexibility index (Phi) is 6.19. The van der Waals surface area contributed by atoms with E-state index < -0.39 is 5.41 Å². The highest BCUT2D eigenvalue weighted by Gasteiger charge is 2.70. The molecule has 0 bridgehead atoms. The van der Waals surface area contributed by atoms with Crippen LogP contribution in [-0.4, -0.2) is 30.9 Å². The normalized spacial score (nSPS) is 49.4. The number of carbonyl (C=O) groups is 3. The third kappa shape index (κ3) is 3.51. The Morgan fingerprint density at radius 2 is 1.55 bits per heavy atom. The van der Waals surface area contributed by atoms with Gasteiger partial charge < -0.3 is 9.47 Å². The SMILES string of the molecule is COC(=O)[C@@]1(C)CC[C@]2(C)CC[C@]3(C)C(=CC(=O)C4[C@@]5(C)CC[C@H](OC(C)=O)C(C)(C)C5CC[C@]43C)C2C1. The Morgan fingerprint density at radius 3 is 2.18 bits per heavy atom. The van der Waals surface area contributed by atoms with Crippen LogP contribution in [0.3, 0.4) is 0 Å². The van der Waals surface area contributed by atoms with E-state index in [1.54, 1.807) is 0 Å². The second kappa shape index (κ2) is 8.43. The maximum atomic E-state index is 14.4. The van der Waals surface area contributed by atoms with Crippen molar-refractivity contribution in [2.75, 3.05) is 7.11 Å². The molecule has 0 heterocycles. The largest absolute Gasteiger partial charge is 0.469 e. The first-order valence-corrected chi connectivity index (χ1v) is 15.0. The molecular weight excluding hydrogens is 476 g/mol. The molecule has 5 aliphatic rings. The van der Waals surface area contributed by atoms with E-state index in [9.17, 15) is 14.4 Å². The Hall–Kier alpha value is -1.65. The highest BCUT2D eigenvalue weighted by atomic mass is 16.5. The Labute approximate surface area is 229 Å². The van der Waals surface area contributed by atoms with Crippen molar-refractivity contribution in [2.45, 2.75) is 119 Å². The van der Waals surface area contributed by atoms with Crippen molar-refractivity contribution in [3.8, 4) is 0 Å². The summed E-state index contributed by atoms with van der Waals surface area (Å²) in [6.07, 6.45) is 10.6. The lowest BCUT2D eigenvalue weighted by Gasteiger charge is -2.70. The molecule has 0 aromatic heterocycles. The lowest BCUT2D eigenvalue weighted by atomic mass is 9.33. The smallest absolute Gasteiger partial charge is 0.311 e. The zero-order valence-electron chi connectivity index (χ0n) is 25.3. The van der Waals surface area contributed by atoms with Crippen LogP contribution in [0.5, 0.6) is 0 Å². The molecule has 0 aromatic carbocycles. The van der Waals surface area contributed by atoms with Crippen molar-refractivity contribution < 1.29 is 23.9 Å². The number of hydrogen-bond donors (Lipinski definition) is 0. The maximum absolute atomic E-state index is 14.4. The lowest BCUT2D eigenvalue weighted by Crippen LogP contribution is -2.66. The van der Waals surface area contributed by atoms with Crippen LogP contribution >= 0.6 is 0 Å². The van der Waals surface area contributed by atoms with Gasteiger partial charge in [0.1, 0.15) is 6.10 Å². The monoisotopic (exact) mass is 526 g/mol. The van der Waals surface area contributed by atoms with Gasteiger partial charge in [0.05, 0.1) is 12.5 Å². The number of rotatable bonds is 2. The van der Waals surface area contributed by atoms with Crippen LogP contribution in [0.2, 0.25) is 0 Å². The second-order valence-corrected chi connectivity index (χ2v) is 15.7. The van der Waals surface area contributed by atoms with Gasteiger partial charge in [-0.1, -0.05) is 47.1 Å². The molecule has 5 heteroatoms. The van der Waals surface area contributed by atoms with E-state index in [0.717, 1.165) is 57.8 Å². The summed E-state index contributed by atoms with van der Waals surface area (Å²) in [6, 6.07) is 0. The van der Waals surface area contributed by atoms with Gasteiger partial charge >= 0.3 is 11.9 Å². The molecule has 4 fully saturated rings. The predicted molar refractivity (Wildman–Crippen MR) is 147 cm³/mol. The predicted octanol–water partition coefficient (Wildman–Crippen LogP) is 7.07. The quantitative estimate of drug-likeness (QED) is 0.360. The third-order valence-corrected chi connectivity index (χ3v) is 13.5. The van der Waals surface area contributed by atoms with Gasteiger partial charge in [-0.2, -0.15) is 0 Å². The molecule has 0 saturated heterocycles. The molecule has 4 saturated carbocycles. The maximum Gasteiger partial charge on any atom is 0.311 e. The van der Waals surface area contributed by atoms with Crippen LogP contribution in [0.1, 0.15) is 113 Å². The zero-order chi connectivity index (χ0) is 28.1.